The average molecular weight is 267 g/mol. The summed E-state index contributed by atoms with van der Waals surface area (Å²) in [4.78, 5) is 2.36. The molecular formula is C15H23ClN2. The van der Waals surface area contributed by atoms with E-state index in [1.165, 1.54) is 19.3 Å². The highest BCUT2D eigenvalue weighted by Crippen LogP contribution is 2.35. The molecule has 1 heterocycles. The van der Waals surface area contributed by atoms with E-state index in [0.717, 1.165) is 41.3 Å². The number of nitrogens with zero attached hydrogens (tertiary/aromatic N) is 1. The molecule has 100 valence electrons. The van der Waals surface area contributed by atoms with Crippen molar-refractivity contribution in [1.82, 2.24) is 0 Å². The molecule has 0 aliphatic carbocycles. The molecule has 3 heteroatoms. The van der Waals surface area contributed by atoms with Crippen molar-refractivity contribution in [3.8, 4) is 0 Å². The largest absolute Gasteiger partial charge is 0.397 e. The molecule has 0 spiro atoms. The molecular weight excluding hydrogens is 244 g/mol. The zero-order valence-corrected chi connectivity index (χ0v) is 12.1. The summed E-state index contributed by atoms with van der Waals surface area (Å²) in [5.41, 5.74) is 7.90. The summed E-state index contributed by atoms with van der Waals surface area (Å²) in [5, 5.41) is 0.776. The monoisotopic (exact) mass is 266 g/mol. The number of nitrogens with two attached hydrogens (primary N) is 1. The van der Waals surface area contributed by atoms with Crippen molar-refractivity contribution in [2.75, 3.05) is 23.7 Å². The zero-order valence-electron chi connectivity index (χ0n) is 11.3. The van der Waals surface area contributed by atoms with E-state index in [1.54, 1.807) is 0 Å². The molecule has 1 aromatic carbocycles. The van der Waals surface area contributed by atoms with E-state index in [4.69, 9.17) is 17.3 Å². The lowest BCUT2D eigenvalue weighted by atomic mass is 9.89. The molecule has 0 saturated carbocycles. The topological polar surface area (TPSA) is 29.3 Å². The lowest BCUT2D eigenvalue weighted by Gasteiger charge is -2.26. The molecule has 2 N–H and O–H groups in total. The Morgan fingerprint density at radius 3 is 2.72 bits per heavy atom. The first kappa shape index (κ1) is 13.5. The number of para-hydroxylation sites is 1. The summed E-state index contributed by atoms with van der Waals surface area (Å²) in [6.45, 7) is 6.78. The maximum atomic E-state index is 6.29. The van der Waals surface area contributed by atoms with E-state index in [9.17, 15) is 0 Å². The fourth-order valence-corrected chi connectivity index (χ4v) is 3.18. The normalized spacial score (nSPS) is 21.1. The van der Waals surface area contributed by atoms with Crippen molar-refractivity contribution in [2.24, 2.45) is 11.8 Å². The number of anilines is 2. The molecule has 2 rings (SSSR count). The van der Waals surface area contributed by atoms with Crippen molar-refractivity contribution in [3.63, 3.8) is 0 Å². The second-order valence-electron chi connectivity index (χ2n) is 5.60. The summed E-state index contributed by atoms with van der Waals surface area (Å²) in [6, 6.07) is 5.78. The second-order valence-corrected chi connectivity index (χ2v) is 6.01. The number of benzene rings is 1. The molecule has 0 amide bonds. The van der Waals surface area contributed by atoms with Gasteiger partial charge in [-0.1, -0.05) is 31.5 Å². The van der Waals surface area contributed by atoms with Gasteiger partial charge in [0.1, 0.15) is 0 Å². The van der Waals surface area contributed by atoms with Gasteiger partial charge in [-0.15, -0.1) is 0 Å². The highest BCUT2D eigenvalue weighted by molar-refractivity contribution is 6.34. The van der Waals surface area contributed by atoms with Crippen molar-refractivity contribution in [3.05, 3.63) is 23.2 Å². The predicted molar refractivity (Wildman–Crippen MR) is 80.3 cm³/mol. The Morgan fingerprint density at radius 2 is 2.06 bits per heavy atom. The third kappa shape index (κ3) is 2.92. The third-order valence-electron chi connectivity index (χ3n) is 4.05. The van der Waals surface area contributed by atoms with Crippen molar-refractivity contribution >= 4 is 23.0 Å². The van der Waals surface area contributed by atoms with Crippen LogP contribution in [0.1, 0.15) is 33.1 Å². The molecule has 0 bridgehead atoms. The van der Waals surface area contributed by atoms with E-state index in [1.807, 2.05) is 18.2 Å². The summed E-state index contributed by atoms with van der Waals surface area (Å²) in [7, 11) is 0. The number of nitrogen functional groups attached to an aromatic ring is 1. The van der Waals surface area contributed by atoms with Gasteiger partial charge in [0, 0.05) is 13.1 Å². The van der Waals surface area contributed by atoms with Gasteiger partial charge in [-0.2, -0.15) is 0 Å². The second kappa shape index (κ2) is 5.83. The molecule has 1 atom stereocenters. The van der Waals surface area contributed by atoms with Crippen molar-refractivity contribution in [1.29, 1.82) is 0 Å². The zero-order chi connectivity index (χ0) is 13.1. The van der Waals surface area contributed by atoms with Crippen LogP contribution in [-0.4, -0.2) is 13.1 Å². The quantitative estimate of drug-likeness (QED) is 0.814. The van der Waals surface area contributed by atoms with Crippen LogP contribution in [0.25, 0.3) is 0 Å². The Balaban J connectivity index is 2.15. The first-order valence-electron chi connectivity index (χ1n) is 6.88. The Morgan fingerprint density at radius 1 is 1.28 bits per heavy atom. The van der Waals surface area contributed by atoms with Gasteiger partial charge in [0.25, 0.3) is 0 Å². The van der Waals surface area contributed by atoms with E-state index in [0.29, 0.717) is 0 Å². The minimum absolute atomic E-state index is 0.772. The van der Waals surface area contributed by atoms with Gasteiger partial charge >= 0.3 is 0 Å². The molecule has 1 aliphatic rings. The molecule has 1 fully saturated rings. The Hall–Kier alpha value is -0.890. The first-order valence-corrected chi connectivity index (χ1v) is 7.26. The Kier molecular flexibility index (Phi) is 4.39. The van der Waals surface area contributed by atoms with Crippen LogP contribution >= 0.6 is 11.6 Å². The van der Waals surface area contributed by atoms with Crippen LogP contribution in [-0.2, 0) is 0 Å². The van der Waals surface area contributed by atoms with Crippen LogP contribution in [0.5, 0.6) is 0 Å². The number of halogens is 1. The molecule has 0 aromatic heterocycles. The van der Waals surface area contributed by atoms with Gasteiger partial charge < -0.3 is 10.6 Å². The van der Waals surface area contributed by atoms with Crippen molar-refractivity contribution in [2.45, 2.75) is 33.1 Å². The highest BCUT2D eigenvalue weighted by Gasteiger charge is 2.21. The molecule has 0 radical (unpaired) electrons. The molecule has 1 aromatic rings. The van der Waals surface area contributed by atoms with Gasteiger partial charge in [0.15, 0.2) is 0 Å². The van der Waals surface area contributed by atoms with Gasteiger partial charge in [-0.25, -0.2) is 0 Å². The van der Waals surface area contributed by atoms with Crippen LogP contribution in [0, 0.1) is 11.8 Å². The molecule has 1 unspecified atom stereocenters. The lowest BCUT2D eigenvalue weighted by Crippen LogP contribution is -2.25. The van der Waals surface area contributed by atoms with E-state index in [2.05, 4.69) is 18.7 Å². The highest BCUT2D eigenvalue weighted by atomic mass is 35.5. The van der Waals surface area contributed by atoms with Gasteiger partial charge in [0.2, 0.25) is 0 Å². The van der Waals surface area contributed by atoms with E-state index < -0.39 is 0 Å². The predicted octanol–water partition coefficient (Wildman–Crippen LogP) is 4.18. The molecule has 1 aliphatic heterocycles. The maximum absolute atomic E-state index is 6.29. The Labute approximate surface area is 115 Å². The van der Waals surface area contributed by atoms with E-state index >= 15 is 0 Å². The summed E-state index contributed by atoms with van der Waals surface area (Å²) in [5.74, 6) is 1.60. The summed E-state index contributed by atoms with van der Waals surface area (Å²) >= 11 is 6.29. The first-order chi connectivity index (χ1) is 8.59. The summed E-state index contributed by atoms with van der Waals surface area (Å²) < 4.78 is 0. The van der Waals surface area contributed by atoms with Crippen LogP contribution in [0.2, 0.25) is 5.02 Å². The Bertz CT molecular complexity index is 383. The van der Waals surface area contributed by atoms with Gasteiger partial charge in [-0.05, 0) is 43.2 Å². The SMILES string of the molecule is CC(C)C1CCCN(c2c(N)cccc2Cl)CC1. The third-order valence-corrected chi connectivity index (χ3v) is 4.35. The van der Waals surface area contributed by atoms with E-state index in [-0.39, 0.29) is 0 Å². The van der Waals surface area contributed by atoms with Gasteiger partial charge in [0.05, 0.1) is 16.4 Å². The van der Waals surface area contributed by atoms with Crippen molar-refractivity contribution < 1.29 is 0 Å². The van der Waals surface area contributed by atoms with Crippen LogP contribution in [0.15, 0.2) is 18.2 Å². The lowest BCUT2D eigenvalue weighted by molar-refractivity contribution is 0.351. The minimum atomic E-state index is 0.772. The number of hydrogen-bond acceptors (Lipinski definition) is 2. The standard InChI is InChI=1S/C15H23ClN2/c1-11(2)12-5-4-9-18(10-8-12)15-13(16)6-3-7-14(15)17/h3,6-7,11-12H,4-5,8-10,17H2,1-2H3. The number of hydrogen-bond donors (Lipinski definition) is 1. The summed E-state index contributed by atoms with van der Waals surface area (Å²) in [6.07, 6.45) is 3.79. The minimum Gasteiger partial charge on any atom is -0.397 e. The maximum Gasteiger partial charge on any atom is 0.0789 e. The molecule has 18 heavy (non-hydrogen) atoms. The molecule has 2 nitrogen and oxygen atoms in total. The number of rotatable bonds is 2. The van der Waals surface area contributed by atoms with Crippen LogP contribution < -0.4 is 10.6 Å². The fourth-order valence-electron chi connectivity index (χ4n) is 2.88. The smallest absolute Gasteiger partial charge is 0.0789 e. The average Bonchev–Trinajstić information content (AvgIpc) is 2.54. The molecule has 1 saturated heterocycles. The van der Waals surface area contributed by atoms with Crippen LogP contribution in [0.4, 0.5) is 11.4 Å². The fraction of sp³-hybridized carbons (Fsp3) is 0.600. The van der Waals surface area contributed by atoms with Gasteiger partial charge in [-0.3, -0.25) is 0 Å². The van der Waals surface area contributed by atoms with Crippen LogP contribution in [0.3, 0.4) is 0 Å².